The van der Waals surface area contributed by atoms with Crippen LogP contribution in [-0.2, 0) is 40.6 Å². The van der Waals surface area contributed by atoms with E-state index < -0.39 is 0 Å². The smallest absolute Gasteiger partial charge is 0 e. The van der Waals surface area contributed by atoms with Crippen molar-refractivity contribution < 1.29 is 40.6 Å². The van der Waals surface area contributed by atoms with Gasteiger partial charge in [-0.2, -0.15) is 0 Å². The average molecular weight is 286 g/mol. The Balaban J connectivity index is -0.00000000500. The molecule has 0 aliphatic carbocycles. The molecule has 0 N–H and O–H groups in total. The molecule has 0 aromatic heterocycles. The first-order valence-corrected chi connectivity index (χ1v) is 0.561. The fraction of sp³-hybridized carbons (Fsp3) is 1.00. The van der Waals surface area contributed by atoms with Gasteiger partial charge in [0.2, 0.25) is 0 Å². The van der Waals surface area contributed by atoms with Gasteiger partial charge in [0.05, 0.1) is 0 Å². The van der Waals surface area contributed by atoms with Gasteiger partial charge in [-0.05, 0) is 0 Å². The first-order chi connectivity index (χ1) is 1.00. The molecule has 0 aliphatic rings. The molecule has 0 unspecified atom stereocenters. The summed E-state index contributed by atoms with van der Waals surface area (Å²) in [6.07, 6.45) is 0. The molecule has 0 saturated carbocycles. The van der Waals surface area contributed by atoms with E-state index in [1.807, 2.05) is 0 Å². The Morgan fingerprint density at radius 1 is 1.25 bits per heavy atom. The van der Waals surface area contributed by atoms with Gasteiger partial charge in [-0.1, -0.05) is 7.43 Å². The van der Waals surface area contributed by atoms with Crippen LogP contribution in [0.2, 0.25) is 0 Å². The van der Waals surface area contributed by atoms with Gasteiger partial charge in [0, 0.05) is 21.1 Å². The van der Waals surface area contributed by atoms with Gasteiger partial charge in [-0.3, -0.25) is 0 Å². The molecule has 0 spiro atoms. The molecule has 0 aromatic carbocycles. The molecule has 0 heterocycles. The van der Waals surface area contributed by atoms with Gasteiger partial charge in [-0.25, -0.2) is 0 Å². The van der Waals surface area contributed by atoms with E-state index in [0.717, 1.165) is 0 Å². The first kappa shape index (κ1) is 20.0. The molecule has 0 fully saturated rings. The first-order valence-electron chi connectivity index (χ1n) is 0.136. The van der Waals surface area contributed by atoms with Crippen LogP contribution in [0.1, 0.15) is 7.43 Å². The van der Waals surface area contributed by atoms with Crippen molar-refractivity contribution in [3.63, 3.8) is 0 Å². The minimum absolute atomic E-state index is 0. The summed E-state index contributed by atoms with van der Waals surface area (Å²) in [6, 6.07) is 0. The maximum absolute atomic E-state index is 7.94. The predicted octanol–water partition coefficient (Wildman–Crippen LogP) is 0.512. The third kappa shape index (κ3) is 12.0. The maximum atomic E-state index is 7.94. The van der Waals surface area contributed by atoms with Gasteiger partial charge >= 0.3 is 19.5 Å². The summed E-state index contributed by atoms with van der Waals surface area (Å²) in [6.45, 7) is 0. The largest absolute Gasteiger partial charge is 0 e. The molecular weight excluding hydrogens is 282 g/mol. The second-order valence-corrected chi connectivity index (χ2v) is 0. The Kier molecular flexibility index (Phi) is 181. The van der Waals surface area contributed by atoms with Crippen molar-refractivity contribution in [3.05, 3.63) is 0 Å². The molecular formula is CH4CoOPt. The van der Waals surface area contributed by atoms with Crippen LogP contribution < -0.4 is 0 Å². The standard InChI is InChI=1S/CH4.Co.O.Pt/h1H4;;;. The molecule has 0 bridgehead atoms. The fourth-order valence-electron chi connectivity index (χ4n) is 0. The van der Waals surface area contributed by atoms with E-state index in [4.69, 9.17) is 3.87 Å². The van der Waals surface area contributed by atoms with Crippen molar-refractivity contribution >= 4 is 0 Å². The average Bonchev–Trinajstić information content (AvgIpc) is 1.00. The molecule has 0 radical (unpaired) electrons. The molecule has 0 aliphatic heterocycles. The van der Waals surface area contributed by atoms with Gasteiger partial charge in [0.25, 0.3) is 0 Å². The second kappa shape index (κ2) is 36.2. The van der Waals surface area contributed by atoms with E-state index in [2.05, 4.69) is 15.7 Å². The van der Waals surface area contributed by atoms with Crippen LogP contribution in [0.25, 0.3) is 0 Å². The van der Waals surface area contributed by atoms with E-state index in [9.17, 15) is 0 Å². The van der Waals surface area contributed by atoms with Crippen LogP contribution in [0.4, 0.5) is 0 Å². The summed E-state index contributed by atoms with van der Waals surface area (Å²) in [5.41, 5.74) is 0. The van der Waals surface area contributed by atoms with Crippen LogP contribution >= 0.6 is 0 Å². The zero-order valence-electron chi connectivity index (χ0n) is 1.06. The Morgan fingerprint density at radius 2 is 1.25 bits per heavy atom. The van der Waals surface area contributed by atoms with E-state index in [1.165, 1.54) is 0 Å². The summed E-state index contributed by atoms with van der Waals surface area (Å²) in [7, 11) is 0. The topological polar surface area (TPSA) is 17.1 Å². The van der Waals surface area contributed by atoms with Crippen LogP contribution in [0.5, 0.6) is 0 Å². The summed E-state index contributed by atoms with van der Waals surface area (Å²) in [4.78, 5) is 0. The van der Waals surface area contributed by atoms with Crippen molar-refractivity contribution in [2.45, 2.75) is 7.43 Å². The van der Waals surface area contributed by atoms with Gasteiger partial charge in [0.15, 0.2) is 0 Å². The van der Waals surface area contributed by atoms with Crippen LogP contribution in [0, 0.1) is 0 Å². The minimum atomic E-state index is 0. The Labute approximate surface area is 48.2 Å². The van der Waals surface area contributed by atoms with Crippen LogP contribution in [0.15, 0.2) is 0 Å². The third-order valence-corrected chi connectivity index (χ3v) is 0. The number of rotatable bonds is 0. The molecule has 3 heteroatoms. The normalized spacial score (nSPS) is 1.25. The summed E-state index contributed by atoms with van der Waals surface area (Å²) < 4.78 is 7.94. The zero-order valence-corrected chi connectivity index (χ0v) is 4.37. The summed E-state index contributed by atoms with van der Waals surface area (Å²) >= 11 is 2.31. The van der Waals surface area contributed by atoms with Crippen LogP contribution in [0.3, 0.4) is 0 Å². The monoisotopic (exact) mass is 286 g/mol. The Bertz CT molecular complexity index is 8.00. The fourth-order valence-corrected chi connectivity index (χ4v) is 0. The zero-order chi connectivity index (χ0) is 2.00. The molecule has 4 heavy (non-hydrogen) atoms. The van der Waals surface area contributed by atoms with E-state index in [0.29, 0.717) is 0 Å². The van der Waals surface area contributed by atoms with Gasteiger partial charge in [0.1, 0.15) is 0 Å². The Hall–Kier alpha value is 0.995. The Morgan fingerprint density at radius 3 is 1.25 bits per heavy atom. The van der Waals surface area contributed by atoms with Crippen molar-refractivity contribution in [2.75, 3.05) is 0 Å². The molecule has 0 amide bonds. The maximum Gasteiger partial charge on any atom is 0 e. The van der Waals surface area contributed by atoms with Gasteiger partial charge < -0.3 is 0 Å². The number of hydrogen-bond donors (Lipinski definition) is 0. The third-order valence-electron chi connectivity index (χ3n) is 0. The molecule has 0 rings (SSSR count). The molecule has 33 valence electrons. The number of hydrogen-bond acceptors (Lipinski definition) is 1. The van der Waals surface area contributed by atoms with E-state index in [1.54, 1.807) is 0 Å². The van der Waals surface area contributed by atoms with Crippen molar-refractivity contribution in [1.29, 1.82) is 0 Å². The predicted molar refractivity (Wildman–Crippen MR) is 7.42 cm³/mol. The molecule has 1 nitrogen and oxygen atoms in total. The quantitative estimate of drug-likeness (QED) is 0.634. The van der Waals surface area contributed by atoms with Crippen molar-refractivity contribution in [1.82, 2.24) is 0 Å². The summed E-state index contributed by atoms with van der Waals surface area (Å²) in [5.74, 6) is 0. The SMILES string of the molecule is C.[O]=[Co].[Pt]. The van der Waals surface area contributed by atoms with Crippen LogP contribution in [-0.4, -0.2) is 0 Å². The summed E-state index contributed by atoms with van der Waals surface area (Å²) in [5, 5.41) is 0. The molecule has 0 atom stereocenters. The van der Waals surface area contributed by atoms with Gasteiger partial charge in [-0.15, -0.1) is 0 Å². The minimum Gasteiger partial charge on any atom is 0 e. The molecule has 0 saturated heterocycles. The van der Waals surface area contributed by atoms with Crippen molar-refractivity contribution in [2.24, 2.45) is 0 Å². The van der Waals surface area contributed by atoms with Crippen molar-refractivity contribution in [3.8, 4) is 0 Å². The second-order valence-electron chi connectivity index (χ2n) is 0. The van der Waals surface area contributed by atoms with E-state index >= 15 is 0 Å². The molecule has 0 aromatic rings. The van der Waals surface area contributed by atoms with E-state index in [-0.39, 0.29) is 28.5 Å².